The first-order chi connectivity index (χ1) is 6.74. The second-order valence-corrected chi connectivity index (χ2v) is 3.21. The molecule has 0 fully saturated rings. The maximum atomic E-state index is 11.7. The second kappa shape index (κ2) is 3.21. The predicted octanol–water partition coefficient (Wildman–Crippen LogP) is 0.891. The molecule has 2 aromatic heterocycles. The molecule has 0 aliphatic heterocycles. The molecule has 0 atom stereocenters. The van der Waals surface area contributed by atoms with Crippen molar-refractivity contribution in [1.29, 1.82) is 0 Å². The molecule has 0 radical (unpaired) electrons. The monoisotopic (exact) mass is 189 g/mol. The van der Waals surface area contributed by atoms with Crippen LogP contribution in [0, 0.1) is 0 Å². The number of hydrogen-bond donors (Lipinski definition) is 0. The van der Waals surface area contributed by atoms with Crippen LogP contribution in [0.15, 0.2) is 23.5 Å². The molecule has 0 bridgehead atoms. The first kappa shape index (κ1) is 8.87. The lowest BCUT2D eigenvalue weighted by Crippen LogP contribution is -2.18. The molecular formula is C10H11N3O. The van der Waals surface area contributed by atoms with Gasteiger partial charge in [-0.2, -0.15) is 0 Å². The second-order valence-electron chi connectivity index (χ2n) is 3.21. The Morgan fingerprint density at radius 1 is 1.50 bits per heavy atom. The Hall–Kier alpha value is -1.71. The Morgan fingerprint density at radius 2 is 2.29 bits per heavy atom. The van der Waals surface area contributed by atoms with Crippen LogP contribution in [0.2, 0.25) is 0 Å². The summed E-state index contributed by atoms with van der Waals surface area (Å²) < 4.78 is 1.56. The van der Waals surface area contributed by atoms with Gasteiger partial charge in [-0.3, -0.25) is 4.79 Å². The molecule has 4 heteroatoms. The summed E-state index contributed by atoms with van der Waals surface area (Å²) in [5.41, 5.74) is 1.53. The third-order valence-electron chi connectivity index (χ3n) is 2.31. The van der Waals surface area contributed by atoms with Gasteiger partial charge in [0.1, 0.15) is 11.8 Å². The third-order valence-corrected chi connectivity index (χ3v) is 2.31. The fraction of sp³-hybridized carbons (Fsp3) is 0.300. The Bertz CT molecular complexity index is 530. The molecule has 0 unspecified atom stereocenters. The molecule has 2 heterocycles. The highest BCUT2D eigenvalue weighted by molar-refractivity contribution is 5.79. The van der Waals surface area contributed by atoms with Crippen molar-refractivity contribution in [2.45, 2.75) is 13.3 Å². The maximum Gasteiger partial charge on any atom is 0.276 e. The molecule has 0 spiro atoms. The van der Waals surface area contributed by atoms with Crippen LogP contribution in [0.25, 0.3) is 10.9 Å². The summed E-state index contributed by atoms with van der Waals surface area (Å²) in [4.78, 5) is 19.6. The Balaban J connectivity index is 2.97. The summed E-state index contributed by atoms with van der Waals surface area (Å²) in [6.45, 7) is 2.05. The van der Waals surface area contributed by atoms with Crippen molar-refractivity contribution in [1.82, 2.24) is 14.5 Å². The molecular weight excluding hydrogens is 178 g/mol. The average Bonchev–Trinajstić information content (AvgIpc) is 2.23. The maximum absolute atomic E-state index is 11.7. The zero-order valence-corrected chi connectivity index (χ0v) is 8.19. The summed E-state index contributed by atoms with van der Waals surface area (Å²) in [7, 11) is 1.74. The molecule has 0 aromatic carbocycles. The van der Waals surface area contributed by atoms with Gasteiger partial charge in [0.15, 0.2) is 0 Å². The van der Waals surface area contributed by atoms with Gasteiger partial charge >= 0.3 is 0 Å². The van der Waals surface area contributed by atoms with E-state index in [0.29, 0.717) is 5.52 Å². The van der Waals surface area contributed by atoms with Crippen LogP contribution in [0.3, 0.4) is 0 Å². The molecule has 2 rings (SSSR count). The Labute approximate surface area is 81.2 Å². The van der Waals surface area contributed by atoms with Crippen LogP contribution in [0.4, 0.5) is 0 Å². The van der Waals surface area contributed by atoms with Gasteiger partial charge in [-0.1, -0.05) is 6.92 Å². The van der Waals surface area contributed by atoms with Gasteiger partial charge in [-0.25, -0.2) is 9.97 Å². The van der Waals surface area contributed by atoms with Gasteiger partial charge in [-0.05, 0) is 12.0 Å². The summed E-state index contributed by atoms with van der Waals surface area (Å²) >= 11 is 0. The third kappa shape index (κ3) is 1.19. The lowest BCUT2D eigenvalue weighted by Gasteiger charge is -2.05. The topological polar surface area (TPSA) is 47.8 Å². The summed E-state index contributed by atoms with van der Waals surface area (Å²) in [6, 6.07) is 0. The number of rotatable bonds is 1. The lowest BCUT2D eigenvalue weighted by molar-refractivity contribution is 0.851. The molecule has 4 nitrogen and oxygen atoms in total. The number of hydrogen-bond acceptors (Lipinski definition) is 3. The van der Waals surface area contributed by atoms with Crippen molar-refractivity contribution in [3.63, 3.8) is 0 Å². The number of pyridine rings is 1. The van der Waals surface area contributed by atoms with E-state index < -0.39 is 0 Å². The summed E-state index contributed by atoms with van der Waals surface area (Å²) in [6.07, 6.45) is 5.82. The van der Waals surface area contributed by atoms with E-state index in [2.05, 4.69) is 9.97 Å². The van der Waals surface area contributed by atoms with E-state index in [9.17, 15) is 4.79 Å². The summed E-state index contributed by atoms with van der Waals surface area (Å²) in [5, 5.41) is 0.859. The van der Waals surface area contributed by atoms with Crippen molar-refractivity contribution >= 4 is 10.9 Å². The van der Waals surface area contributed by atoms with E-state index in [1.807, 2.05) is 13.1 Å². The highest BCUT2D eigenvalue weighted by Gasteiger charge is 2.05. The zero-order valence-electron chi connectivity index (χ0n) is 8.19. The van der Waals surface area contributed by atoms with E-state index in [4.69, 9.17) is 0 Å². The number of nitrogens with zero attached hydrogens (tertiary/aromatic N) is 3. The van der Waals surface area contributed by atoms with Crippen molar-refractivity contribution < 1.29 is 0 Å². The van der Waals surface area contributed by atoms with Crippen LogP contribution >= 0.6 is 0 Å². The SMILES string of the molecule is CCc1cn(C)c(=O)c2ncncc12. The molecule has 0 N–H and O–H groups in total. The fourth-order valence-electron chi connectivity index (χ4n) is 1.55. The number of fused-ring (bicyclic) bond motifs is 1. The minimum absolute atomic E-state index is 0.0698. The van der Waals surface area contributed by atoms with Gasteiger partial charge in [0.2, 0.25) is 0 Å². The van der Waals surface area contributed by atoms with Crippen molar-refractivity contribution in [3.8, 4) is 0 Å². The fourth-order valence-corrected chi connectivity index (χ4v) is 1.55. The normalized spacial score (nSPS) is 10.7. The van der Waals surface area contributed by atoms with Crippen molar-refractivity contribution in [3.05, 3.63) is 34.6 Å². The van der Waals surface area contributed by atoms with E-state index in [-0.39, 0.29) is 5.56 Å². The molecule has 0 aliphatic rings. The van der Waals surface area contributed by atoms with Crippen LogP contribution in [0.1, 0.15) is 12.5 Å². The van der Waals surface area contributed by atoms with Crippen molar-refractivity contribution in [2.24, 2.45) is 7.05 Å². The largest absolute Gasteiger partial charge is 0.316 e. The number of aromatic nitrogens is 3. The van der Waals surface area contributed by atoms with Gasteiger partial charge in [0.25, 0.3) is 5.56 Å². The average molecular weight is 189 g/mol. The Morgan fingerprint density at radius 3 is 3.00 bits per heavy atom. The minimum Gasteiger partial charge on any atom is -0.316 e. The standard InChI is InChI=1S/C10H11N3O/c1-3-7-5-13(2)10(14)9-8(7)4-11-6-12-9/h4-6H,3H2,1-2H3. The van der Waals surface area contributed by atoms with E-state index in [0.717, 1.165) is 17.4 Å². The number of aryl methyl sites for hydroxylation is 2. The first-order valence-electron chi connectivity index (χ1n) is 4.52. The van der Waals surface area contributed by atoms with E-state index in [1.165, 1.54) is 6.33 Å². The summed E-state index contributed by atoms with van der Waals surface area (Å²) in [5.74, 6) is 0. The smallest absolute Gasteiger partial charge is 0.276 e. The van der Waals surface area contributed by atoms with Crippen molar-refractivity contribution in [2.75, 3.05) is 0 Å². The van der Waals surface area contributed by atoms with E-state index >= 15 is 0 Å². The van der Waals surface area contributed by atoms with Crippen LogP contribution < -0.4 is 5.56 Å². The first-order valence-corrected chi connectivity index (χ1v) is 4.52. The zero-order chi connectivity index (χ0) is 10.1. The van der Waals surface area contributed by atoms with Gasteiger partial charge < -0.3 is 4.57 Å². The van der Waals surface area contributed by atoms with Crippen LogP contribution in [-0.2, 0) is 13.5 Å². The van der Waals surface area contributed by atoms with Gasteiger partial charge in [-0.15, -0.1) is 0 Å². The molecule has 14 heavy (non-hydrogen) atoms. The van der Waals surface area contributed by atoms with Crippen LogP contribution in [0.5, 0.6) is 0 Å². The van der Waals surface area contributed by atoms with E-state index in [1.54, 1.807) is 17.8 Å². The van der Waals surface area contributed by atoms with Crippen LogP contribution in [-0.4, -0.2) is 14.5 Å². The predicted molar refractivity (Wildman–Crippen MR) is 54.2 cm³/mol. The van der Waals surface area contributed by atoms with Gasteiger partial charge in [0.05, 0.1) is 0 Å². The molecule has 2 aromatic rings. The molecule has 0 saturated heterocycles. The minimum atomic E-state index is -0.0698. The molecule has 0 aliphatic carbocycles. The molecule has 0 amide bonds. The molecule has 0 saturated carbocycles. The highest BCUT2D eigenvalue weighted by Crippen LogP contribution is 2.11. The lowest BCUT2D eigenvalue weighted by atomic mass is 10.1. The molecule has 72 valence electrons. The Kier molecular flexibility index (Phi) is 2.04. The highest BCUT2D eigenvalue weighted by atomic mass is 16.1. The quantitative estimate of drug-likeness (QED) is 0.669. The van der Waals surface area contributed by atoms with Gasteiger partial charge in [0, 0.05) is 24.8 Å².